The molecule has 3 amide bonds. The number of hydrogen-bond donors (Lipinski definition) is 2. The lowest BCUT2D eigenvalue weighted by atomic mass is 9.93. The van der Waals surface area contributed by atoms with Crippen LogP contribution in [-0.4, -0.2) is 69.8 Å². The van der Waals surface area contributed by atoms with Gasteiger partial charge >= 0.3 is 0 Å². The van der Waals surface area contributed by atoms with E-state index in [0.29, 0.717) is 31.0 Å². The third-order valence-electron chi connectivity index (χ3n) is 8.39. The van der Waals surface area contributed by atoms with Gasteiger partial charge in [0.25, 0.3) is 5.91 Å². The number of aromatic nitrogens is 1. The Hall–Kier alpha value is -2.39. The van der Waals surface area contributed by atoms with Crippen LogP contribution in [0, 0.1) is 13.8 Å². The zero-order valence-corrected chi connectivity index (χ0v) is 24.1. The number of aryl methyl sites for hydroxylation is 2. The molecule has 1 saturated carbocycles. The second kappa shape index (κ2) is 11.2. The maximum Gasteiger partial charge on any atom is 0.273 e. The molecule has 1 aliphatic carbocycles. The van der Waals surface area contributed by atoms with E-state index in [2.05, 4.69) is 36.3 Å². The number of thiophene rings is 1. The molecule has 2 aromatic heterocycles. The van der Waals surface area contributed by atoms with E-state index in [1.165, 1.54) is 19.8 Å². The Morgan fingerprint density at radius 2 is 1.76 bits per heavy atom. The maximum atomic E-state index is 14.3. The zero-order valence-electron chi connectivity index (χ0n) is 23.3. The number of nitrogens with zero attached hydrogens (tertiary/aromatic N) is 3. The third-order valence-corrected chi connectivity index (χ3v) is 9.62. The molecule has 0 aromatic carbocycles. The number of rotatable bonds is 8. The van der Waals surface area contributed by atoms with Gasteiger partial charge < -0.3 is 25.0 Å². The molecule has 8 nitrogen and oxygen atoms in total. The van der Waals surface area contributed by atoms with Crippen LogP contribution in [-0.2, 0) is 16.1 Å². The Balaban J connectivity index is 1.79. The van der Waals surface area contributed by atoms with Crippen LogP contribution in [0.2, 0.25) is 0 Å². The van der Waals surface area contributed by atoms with Crippen molar-refractivity contribution in [3.63, 3.8) is 0 Å². The van der Waals surface area contributed by atoms with Crippen molar-refractivity contribution in [2.75, 3.05) is 31.5 Å². The number of hydrogen-bond acceptors (Lipinski definition) is 5. The van der Waals surface area contributed by atoms with Gasteiger partial charge in [-0.1, -0.05) is 39.5 Å². The largest absolute Gasteiger partial charge is 0.351 e. The molecule has 0 spiro atoms. The summed E-state index contributed by atoms with van der Waals surface area (Å²) in [6.07, 6.45) is 6.66. The Kier molecular flexibility index (Phi) is 8.33. The lowest BCUT2D eigenvalue weighted by molar-refractivity contribution is -0.133. The molecule has 1 unspecified atom stereocenters. The van der Waals surface area contributed by atoms with E-state index in [4.69, 9.17) is 0 Å². The molecule has 204 valence electrons. The second-order valence-corrected chi connectivity index (χ2v) is 12.1. The molecule has 3 heterocycles. The predicted molar refractivity (Wildman–Crippen MR) is 150 cm³/mol. The van der Waals surface area contributed by atoms with Gasteiger partial charge in [0.2, 0.25) is 11.8 Å². The SMILES string of the molecule is CCN(CC)CCN1C(=O)c2c(NC(C)=O)c3c(C)c(C)sc3n2CC1(C)C(=O)NC1CCCCCC1. The standard InChI is InChI=1S/C28H43N5O3S/c1-7-31(8-2)15-16-33-25(35)24-23(29-20(5)34)22-18(3)19(4)37-26(22)32(24)17-28(33,6)27(36)30-21-13-11-9-10-12-14-21/h21H,7-17H2,1-6H3,(H,29,34)(H,30,36). The van der Waals surface area contributed by atoms with Crippen LogP contribution in [0.25, 0.3) is 10.2 Å². The van der Waals surface area contributed by atoms with Gasteiger partial charge in [0.1, 0.15) is 16.1 Å². The van der Waals surface area contributed by atoms with Crippen molar-refractivity contribution in [1.82, 2.24) is 19.7 Å². The first-order valence-electron chi connectivity index (χ1n) is 13.9. The lowest BCUT2D eigenvalue weighted by Crippen LogP contribution is -2.65. The van der Waals surface area contributed by atoms with Gasteiger partial charge in [0, 0.05) is 36.3 Å². The van der Waals surface area contributed by atoms with E-state index in [1.54, 1.807) is 16.2 Å². The first kappa shape index (κ1) is 27.6. The van der Waals surface area contributed by atoms with Crippen molar-refractivity contribution in [1.29, 1.82) is 0 Å². The lowest BCUT2D eigenvalue weighted by Gasteiger charge is -2.45. The molecule has 37 heavy (non-hydrogen) atoms. The predicted octanol–water partition coefficient (Wildman–Crippen LogP) is 4.67. The fourth-order valence-corrected chi connectivity index (χ4v) is 7.12. The van der Waals surface area contributed by atoms with E-state index in [1.807, 2.05) is 18.4 Å². The molecule has 2 N–H and O–H groups in total. The van der Waals surface area contributed by atoms with Crippen LogP contribution in [0.15, 0.2) is 0 Å². The highest BCUT2D eigenvalue weighted by atomic mass is 32.1. The van der Waals surface area contributed by atoms with E-state index < -0.39 is 5.54 Å². The Morgan fingerprint density at radius 1 is 1.11 bits per heavy atom. The number of amides is 3. The van der Waals surface area contributed by atoms with E-state index >= 15 is 0 Å². The van der Waals surface area contributed by atoms with Crippen LogP contribution in [0.3, 0.4) is 0 Å². The first-order chi connectivity index (χ1) is 17.6. The molecule has 4 rings (SSSR count). The molecule has 2 aliphatic rings. The third kappa shape index (κ3) is 5.17. The Labute approximate surface area is 224 Å². The second-order valence-electron chi connectivity index (χ2n) is 10.9. The van der Waals surface area contributed by atoms with Gasteiger partial charge in [-0.3, -0.25) is 14.4 Å². The summed E-state index contributed by atoms with van der Waals surface area (Å²) in [5.74, 6) is -0.479. The molecule has 0 bridgehead atoms. The number of carbonyl (C=O) groups excluding carboxylic acids is 3. The highest BCUT2D eigenvalue weighted by Crippen LogP contribution is 2.44. The Morgan fingerprint density at radius 3 is 2.35 bits per heavy atom. The highest BCUT2D eigenvalue weighted by Gasteiger charge is 2.49. The van der Waals surface area contributed by atoms with Crippen molar-refractivity contribution in [2.24, 2.45) is 0 Å². The number of carbonyl (C=O) groups is 3. The average Bonchev–Trinajstić information content (AvgIpc) is 3.15. The number of likely N-dealkylation sites (N-methyl/N-ethyl adjacent to an activating group) is 1. The molecular weight excluding hydrogens is 486 g/mol. The molecule has 0 saturated heterocycles. The monoisotopic (exact) mass is 529 g/mol. The van der Waals surface area contributed by atoms with Crippen LogP contribution in [0.1, 0.15) is 87.1 Å². The number of fused-ring (bicyclic) bond motifs is 3. The minimum absolute atomic E-state index is 0.0779. The summed E-state index contributed by atoms with van der Waals surface area (Å²) in [6.45, 7) is 15.0. The van der Waals surface area contributed by atoms with Gasteiger partial charge in [-0.05, 0) is 52.3 Å². The zero-order chi connectivity index (χ0) is 26.9. The molecule has 9 heteroatoms. The van der Waals surface area contributed by atoms with Crippen molar-refractivity contribution in [3.05, 3.63) is 16.1 Å². The fourth-order valence-electron chi connectivity index (χ4n) is 5.95. The molecule has 1 fully saturated rings. The van der Waals surface area contributed by atoms with Crippen molar-refractivity contribution >= 4 is 45.0 Å². The number of anilines is 1. The normalized spacial score (nSPS) is 20.8. The summed E-state index contributed by atoms with van der Waals surface area (Å²) < 4.78 is 1.99. The van der Waals surface area contributed by atoms with E-state index in [9.17, 15) is 14.4 Å². The van der Waals surface area contributed by atoms with Crippen LogP contribution >= 0.6 is 11.3 Å². The van der Waals surface area contributed by atoms with Crippen LogP contribution in [0.5, 0.6) is 0 Å². The van der Waals surface area contributed by atoms with E-state index in [-0.39, 0.29) is 23.8 Å². The van der Waals surface area contributed by atoms with E-state index in [0.717, 1.165) is 59.4 Å². The highest BCUT2D eigenvalue weighted by molar-refractivity contribution is 7.19. The summed E-state index contributed by atoms with van der Waals surface area (Å²) in [5, 5.41) is 7.22. The summed E-state index contributed by atoms with van der Waals surface area (Å²) >= 11 is 1.62. The average molecular weight is 530 g/mol. The van der Waals surface area contributed by atoms with Crippen LogP contribution in [0.4, 0.5) is 5.69 Å². The summed E-state index contributed by atoms with van der Waals surface area (Å²) in [6, 6.07) is 0.152. The fraction of sp³-hybridized carbons (Fsp3) is 0.679. The molecule has 2 aromatic rings. The topological polar surface area (TPSA) is 86.7 Å². The summed E-state index contributed by atoms with van der Waals surface area (Å²) in [7, 11) is 0. The van der Waals surface area contributed by atoms with Gasteiger partial charge in [0.05, 0.1) is 12.2 Å². The van der Waals surface area contributed by atoms with Crippen molar-refractivity contribution in [3.8, 4) is 0 Å². The Bertz CT molecular complexity index is 1170. The molecule has 1 aliphatic heterocycles. The smallest absolute Gasteiger partial charge is 0.273 e. The van der Waals surface area contributed by atoms with Gasteiger partial charge in [0.15, 0.2) is 0 Å². The minimum atomic E-state index is -1.03. The van der Waals surface area contributed by atoms with Gasteiger partial charge in [-0.25, -0.2) is 0 Å². The summed E-state index contributed by atoms with van der Waals surface area (Å²) in [5.41, 5.74) is 1.10. The van der Waals surface area contributed by atoms with Crippen molar-refractivity contribution < 1.29 is 14.4 Å². The first-order valence-corrected chi connectivity index (χ1v) is 14.7. The van der Waals surface area contributed by atoms with Crippen LogP contribution < -0.4 is 10.6 Å². The molecule has 1 atom stereocenters. The van der Waals surface area contributed by atoms with Crippen molar-refractivity contribution in [2.45, 2.75) is 98.2 Å². The maximum absolute atomic E-state index is 14.3. The minimum Gasteiger partial charge on any atom is -0.351 e. The van der Waals surface area contributed by atoms with Gasteiger partial charge in [-0.15, -0.1) is 11.3 Å². The number of nitrogens with one attached hydrogen (secondary N) is 2. The summed E-state index contributed by atoms with van der Waals surface area (Å²) in [4.78, 5) is 46.7. The van der Waals surface area contributed by atoms with Gasteiger partial charge in [-0.2, -0.15) is 0 Å². The quantitative estimate of drug-likeness (QED) is 0.487. The molecular formula is C28H43N5O3S. The molecule has 0 radical (unpaired) electrons.